The molecule has 2 aliphatic rings. The second-order valence-electron chi connectivity index (χ2n) is 6.51. The average Bonchev–Trinajstić information content (AvgIpc) is 3.05. The molecule has 1 atom stereocenters. The Hall–Kier alpha value is -2.30. The molecule has 0 aliphatic carbocycles. The van der Waals surface area contributed by atoms with Crippen molar-refractivity contribution in [1.29, 1.82) is 0 Å². The maximum Gasteiger partial charge on any atom is 0.253 e. The second kappa shape index (κ2) is 6.21. The minimum atomic E-state index is -0.992. The maximum atomic E-state index is 12.8. The van der Waals surface area contributed by atoms with Gasteiger partial charge in [0.25, 0.3) is 5.91 Å². The first-order valence-corrected chi connectivity index (χ1v) is 8.63. The van der Waals surface area contributed by atoms with Crippen LogP contribution >= 0.6 is 11.6 Å². The monoisotopic (exact) mass is 355 g/mol. The summed E-state index contributed by atoms with van der Waals surface area (Å²) in [6, 6.07) is 14.9. The Morgan fingerprint density at radius 3 is 2.80 bits per heavy atom. The summed E-state index contributed by atoms with van der Waals surface area (Å²) in [7, 11) is 0. The first kappa shape index (κ1) is 16.2. The molecule has 1 saturated heterocycles. The fourth-order valence-electron chi connectivity index (χ4n) is 3.43. The second-order valence-corrected chi connectivity index (χ2v) is 6.95. The summed E-state index contributed by atoms with van der Waals surface area (Å²) in [6.07, 6.45) is 2.35. The van der Waals surface area contributed by atoms with Crippen LogP contribution in [0.3, 0.4) is 0 Å². The van der Waals surface area contributed by atoms with Gasteiger partial charge in [-0.1, -0.05) is 41.9 Å². The van der Waals surface area contributed by atoms with Crippen LogP contribution in [0.15, 0.2) is 54.1 Å². The first-order valence-electron chi connectivity index (χ1n) is 8.25. The molecule has 128 valence electrons. The van der Waals surface area contributed by atoms with E-state index in [-0.39, 0.29) is 19.1 Å². The number of fused-ring (bicyclic) bond motifs is 1. The Bertz CT molecular complexity index is 849. The molecule has 0 unspecified atom stereocenters. The number of aliphatic hydroxyl groups is 1. The number of β-amino-alcohol motifs (C(OH)–C–C–N with tert-alkyl or cyclic N) is 1. The van der Waals surface area contributed by atoms with Crippen LogP contribution < -0.4 is 4.74 Å². The van der Waals surface area contributed by atoms with Gasteiger partial charge in [-0.25, -0.2) is 0 Å². The van der Waals surface area contributed by atoms with Crippen molar-refractivity contribution >= 4 is 23.6 Å². The Kier molecular flexibility index (Phi) is 4.02. The molecule has 4 rings (SSSR count). The number of nitrogens with zero attached hydrogens (tertiary/aromatic N) is 1. The average molecular weight is 356 g/mol. The Morgan fingerprint density at radius 2 is 2.00 bits per heavy atom. The van der Waals surface area contributed by atoms with Gasteiger partial charge < -0.3 is 14.7 Å². The molecule has 1 amide bonds. The van der Waals surface area contributed by atoms with E-state index < -0.39 is 5.60 Å². The predicted molar refractivity (Wildman–Crippen MR) is 96.5 cm³/mol. The lowest BCUT2D eigenvalue weighted by atomic mass is 9.93. The zero-order chi connectivity index (χ0) is 17.4. The third-order valence-electron chi connectivity index (χ3n) is 4.81. The molecule has 25 heavy (non-hydrogen) atoms. The van der Waals surface area contributed by atoms with E-state index in [9.17, 15) is 9.90 Å². The summed E-state index contributed by atoms with van der Waals surface area (Å²) in [6.45, 7) is 1.04. The molecule has 0 bridgehead atoms. The van der Waals surface area contributed by atoms with Crippen molar-refractivity contribution in [3.8, 4) is 5.75 Å². The number of amides is 1. The zero-order valence-electron chi connectivity index (χ0n) is 13.6. The highest BCUT2D eigenvalue weighted by Crippen LogP contribution is 2.34. The van der Waals surface area contributed by atoms with E-state index in [0.29, 0.717) is 23.6 Å². The number of halogens is 1. The number of carbonyl (C=O) groups is 1. The number of hydrogen-bond acceptors (Lipinski definition) is 3. The van der Waals surface area contributed by atoms with Crippen molar-refractivity contribution in [2.75, 3.05) is 19.7 Å². The molecule has 0 aromatic heterocycles. The van der Waals surface area contributed by atoms with Gasteiger partial charge in [0.2, 0.25) is 0 Å². The van der Waals surface area contributed by atoms with Gasteiger partial charge in [0.15, 0.2) is 0 Å². The summed E-state index contributed by atoms with van der Waals surface area (Å²) >= 11 is 6.02. The quantitative estimate of drug-likeness (QED) is 0.899. The third-order valence-corrected chi connectivity index (χ3v) is 5.04. The summed E-state index contributed by atoms with van der Waals surface area (Å²) in [5.74, 6) is 0.626. The molecule has 2 aromatic carbocycles. The highest BCUT2D eigenvalue weighted by atomic mass is 35.5. The largest absolute Gasteiger partial charge is 0.488 e. The minimum Gasteiger partial charge on any atom is -0.488 e. The van der Waals surface area contributed by atoms with E-state index in [1.54, 1.807) is 23.1 Å². The van der Waals surface area contributed by atoms with Gasteiger partial charge >= 0.3 is 0 Å². The normalized spacial score (nSPS) is 22.2. The zero-order valence-corrected chi connectivity index (χ0v) is 14.4. The number of hydrogen-bond donors (Lipinski definition) is 1. The van der Waals surface area contributed by atoms with E-state index in [2.05, 4.69) is 0 Å². The van der Waals surface area contributed by atoms with Crippen LogP contribution in [0.5, 0.6) is 5.75 Å². The molecular weight excluding hydrogens is 338 g/mol. The summed E-state index contributed by atoms with van der Waals surface area (Å²) in [4.78, 5) is 14.5. The Balaban J connectivity index is 1.55. The minimum absolute atomic E-state index is 0.0996. The fourth-order valence-corrected chi connectivity index (χ4v) is 3.61. The highest BCUT2D eigenvalue weighted by molar-refractivity contribution is 6.30. The van der Waals surface area contributed by atoms with Crippen molar-refractivity contribution < 1.29 is 14.6 Å². The maximum absolute atomic E-state index is 12.8. The van der Waals surface area contributed by atoms with Crippen LogP contribution in [0, 0.1) is 0 Å². The summed E-state index contributed by atoms with van der Waals surface area (Å²) in [5, 5.41) is 11.5. The molecule has 4 nitrogen and oxygen atoms in total. The summed E-state index contributed by atoms with van der Waals surface area (Å²) < 4.78 is 5.67. The first-order chi connectivity index (χ1) is 12.0. The fraction of sp³-hybridized carbons (Fsp3) is 0.250. The van der Waals surface area contributed by atoms with Crippen molar-refractivity contribution in [3.63, 3.8) is 0 Å². The van der Waals surface area contributed by atoms with E-state index in [4.69, 9.17) is 16.3 Å². The van der Waals surface area contributed by atoms with Crippen molar-refractivity contribution in [1.82, 2.24) is 4.90 Å². The molecule has 5 heteroatoms. The van der Waals surface area contributed by atoms with Crippen LogP contribution in [-0.4, -0.2) is 35.6 Å². The van der Waals surface area contributed by atoms with Crippen molar-refractivity contribution in [2.45, 2.75) is 12.0 Å². The van der Waals surface area contributed by atoms with Gasteiger partial charge in [-0.3, -0.25) is 4.79 Å². The smallest absolute Gasteiger partial charge is 0.253 e. The Morgan fingerprint density at radius 1 is 1.20 bits per heavy atom. The standard InChI is InChI=1S/C20H18ClNO3/c21-17-6-7-18-14(11-17)10-15(12-25-18)19(23)22-9-8-20(24,13-22)16-4-2-1-3-5-16/h1-7,10-11,24H,8-9,12-13H2/t20-/m1/s1. The van der Waals surface area contributed by atoms with Gasteiger partial charge in [0.05, 0.1) is 12.1 Å². The van der Waals surface area contributed by atoms with E-state index in [1.165, 1.54) is 0 Å². The van der Waals surface area contributed by atoms with Gasteiger partial charge in [-0.2, -0.15) is 0 Å². The lowest BCUT2D eigenvalue weighted by Crippen LogP contribution is -2.36. The van der Waals surface area contributed by atoms with Crippen LogP contribution in [0.25, 0.3) is 6.08 Å². The molecule has 0 radical (unpaired) electrons. The van der Waals surface area contributed by atoms with E-state index in [1.807, 2.05) is 36.4 Å². The van der Waals surface area contributed by atoms with Crippen LogP contribution in [-0.2, 0) is 10.4 Å². The molecule has 2 heterocycles. The molecule has 2 aromatic rings. The number of likely N-dealkylation sites (tertiary alicyclic amines) is 1. The van der Waals surface area contributed by atoms with Crippen LogP contribution in [0.2, 0.25) is 5.02 Å². The third kappa shape index (κ3) is 3.03. The molecule has 0 saturated carbocycles. The number of carbonyl (C=O) groups excluding carboxylic acids is 1. The molecule has 1 N–H and O–H groups in total. The van der Waals surface area contributed by atoms with Crippen LogP contribution in [0.4, 0.5) is 0 Å². The molecule has 2 aliphatic heterocycles. The lowest BCUT2D eigenvalue weighted by Gasteiger charge is -2.25. The predicted octanol–water partition coefficient (Wildman–Crippen LogP) is 3.24. The number of ether oxygens (including phenoxy) is 1. The SMILES string of the molecule is O=C(C1=Cc2cc(Cl)ccc2OC1)N1CC[C@](O)(c2ccccc2)C1. The molecule has 0 spiro atoms. The number of rotatable bonds is 2. The van der Waals surface area contributed by atoms with E-state index in [0.717, 1.165) is 16.9 Å². The Labute approximate surface area is 151 Å². The highest BCUT2D eigenvalue weighted by Gasteiger charge is 2.40. The van der Waals surface area contributed by atoms with Gasteiger partial charge in [0.1, 0.15) is 18.0 Å². The molecule has 1 fully saturated rings. The van der Waals surface area contributed by atoms with Gasteiger partial charge in [0, 0.05) is 17.1 Å². The van der Waals surface area contributed by atoms with Gasteiger partial charge in [-0.15, -0.1) is 0 Å². The van der Waals surface area contributed by atoms with Crippen molar-refractivity contribution in [3.05, 3.63) is 70.3 Å². The van der Waals surface area contributed by atoms with Crippen molar-refractivity contribution in [2.24, 2.45) is 0 Å². The van der Waals surface area contributed by atoms with Crippen LogP contribution in [0.1, 0.15) is 17.5 Å². The lowest BCUT2D eigenvalue weighted by molar-refractivity contribution is -0.127. The summed E-state index contributed by atoms with van der Waals surface area (Å²) in [5.41, 5.74) is 1.23. The van der Waals surface area contributed by atoms with Gasteiger partial charge in [-0.05, 0) is 36.3 Å². The topological polar surface area (TPSA) is 49.8 Å². The van der Waals surface area contributed by atoms with E-state index >= 15 is 0 Å². The molecular formula is C20H18ClNO3. The number of benzene rings is 2.